The molecule has 2 heterocycles. The molecule has 9 nitrogen and oxygen atoms in total. The van der Waals surface area contributed by atoms with Crippen LogP contribution >= 0.6 is 27.3 Å². The van der Waals surface area contributed by atoms with Gasteiger partial charge in [-0.1, -0.05) is 59.9 Å². The van der Waals surface area contributed by atoms with Crippen molar-refractivity contribution in [3.05, 3.63) is 119 Å². The fourth-order valence-electron chi connectivity index (χ4n) is 4.56. The standard InChI is InChI=1S/C31H25BrN2O7S/c1-3-40-30(38)26-27(19-7-5-4-6-8-19)33-31-34(28(26)20-10-12-21(39-2)13-11-20)29(37)24(42-31)16-18-9-14-23(22(32)15-18)41-17-25(35)36/h4-16,28H,3,17H2,1-2H3,(H,35,36)/b24-16+/t28-/m0/s1. The number of hydrogen-bond acceptors (Lipinski definition) is 8. The lowest BCUT2D eigenvalue weighted by Gasteiger charge is -2.26. The first-order chi connectivity index (χ1) is 20.3. The molecule has 214 valence electrons. The van der Waals surface area contributed by atoms with Gasteiger partial charge in [-0.05, 0) is 64.3 Å². The molecule has 1 aliphatic rings. The third-order valence-corrected chi connectivity index (χ3v) is 8.01. The van der Waals surface area contributed by atoms with Crippen molar-refractivity contribution >= 4 is 51.0 Å². The number of carboxylic acid groups (broad SMARTS) is 1. The Morgan fingerprint density at radius 2 is 1.83 bits per heavy atom. The summed E-state index contributed by atoms with van der Waals surface area (Å²) in [4.78, 5) is 43.7. The number of aliphatic carboxylic acids is 1. The number of carboxylic acids is 1. The minimum Gasteiger partial charge on any atom is -0.497 e. The Morgan fingerprint density at radius 3 is 2.48 bits per heavy atom. The third kappa shape index (κ3) is 5.93. The number of halogens is 1. The summed E-state index contributed by atoms with van der Waals surface area (Å²) in [6.07, 6.45) is 1.72. The van der Waals surface area contributed by atoms with Crippen LogP contribution in [0.3, 0.4) is 0 Å². The van der Waals surface area contributed by atoms with Gasteiger partial charge in [-0.25, -0.2) is 14.6 Å². The molecule has 1 N–H and O–H groups in total. The Morgan fingerprint density at radius 1 is 1.10 bits per heavy atom. The van der Waals surface area contributed by atoms with Crippen LogP contribution in [0, 0.1) is 0 Å². The van der Waals surface area contributed by atoms with E-state index in [0.29, 0.717) is 42.1 Å². The summed E-state index contributed by atoms with van der Waals surface area (Å²) in [6.45, 7) is 1.41. The summed E-state index contributed by atoms with van der Waals surface area (Å²) in [5.74, 6) is -0.647. The molecule has 0 aliphatic carbocycles. The van der Waals surface area contributed by atoms with Crippen molar-refractivity contribution < 1.29 is 28.9 Å². The molecule has 3 aromatic carbocycles. The number of carbonyl (C=O) groups excluding carboxylic acids is 1. The van der Waals surface area contributed by atoms with E-state index in [2.05, 4.69) is 15.9 Å². The number of rotatable bonds is 9. The zero-order chi connectivity index (χ0) is 29.8. The zero-order valence-corrected chi connectivity index (χ0v) is 25.0. The van der Waals surface area contributed by atoms with E-state index in [9.17, 15) is 14.4 Å². The molecule has 0 spiro atoms. The lowest BCUT2D eigenvalue weighted by molar-refractivity contribution is -0.140. The van der Waals surface area contributed by atoms with Gasteiger partial charge in [-0.2, -0.15) is 0 Å². The number of hydrogen-bond donors (Lipinski definition) is 1. The SMILES string of the molecule is CCOC(=O)C1=C(c2ccccc2)N=c2s/c(=C/c3ccc(OCC(=O)O)c(Br)c3)c(=O)n2[C@H]1c1ccc(OC)cc1. The minimum absolute atomic E-state index is 0.158. The zero-order valence-electron chi connectivity index (χ0n) is 22.6. The molecule has 4 aromatic rings. The predicted molar refractivity (Wildman–Crippen MR) is 161 cm³/mol. The monoisotopic (exact) mass is 648 g/mol. The van der Waals surface area contributed by atoms with Crippen LogP contribution in [0.4, 0.5) is 0 Å². The fourth-order valence-corrected chi connectivity index (χ4v) is 6.07. The van der Waals surface area contributed by atoms with Gasteiger partial charge >= 0.3 is 11.9 Å². The number of fused-ring (bicyclic) bond motifs is 1. The molecule has 11 heteroatoms. The van der Waals surface area contributed by atoms with E-state index >= 15 is 0 Å². The van der Waals surface area contributed by atoms with Crippen LogP contribution in [0.2, 0.25) is 0 Å². The van der Waals surface area contributed by atoms with Gasteiger partial charge < -0.3 is 19.3 Å². The van der Waals surface area contributed by atoms with E-state index in [-0.39, 0.29) is 17.7 Å². The molecule has 5 rings (SSSR count). The molecular formula is C31H25BrN2O7S. The number of carbonyl (C=O) groups is 2. The Balaban J connectivity index is 1.72. The summed E-state index contributed by atoms with van der Waals surface area (Å²) in [7, 11) is 1.57. The van der Waals surface area contributed by atoms with Crippen LogP contribution in [-0.4, -0.2) is 41.9 Å². The number of nitrogens with zero attached hydrogens (tertiary/aromatic N) is 2. The number of benzene rings is 3. The highest BCUT2D eigenvalue weighted by Gasteiger charge is 2.35. The lowest BCUT2D eigenvalue weighted by atomic mass is 9.93. The molecule has 42 heavy (non-hydrogen) atoms. The molecule has 0 amide bonds. The van der Waals surface area contributed by atoms with Crippen LogP contribution < -0.4 is 24.4 Å². The molecule has 0 saturated carbocycles. The van der Waals surface area contributed by atoms with E-state index in [1.165, 1.54) is 15.9 Å². The first kappa shape index (κ1) is 29.0. The molecule has 0 fully saturated rings. The average molecular weight is 650 g/mol. The highest BCUT2D eigenvalue weighted by molar-refractivity contribution is 9.10. The molecule has 1 atom stereocenters. The maximum atomic E-state index is 14.0. The van der Waals surface area contributed by atoms with Gasteiger partial charge in [0.15, 0.2) is 11.4 Å². The van der Waals surface area contributed by atoms with Gasteiger partial charge in [-0.15, -0.1) is 0 Å². The number of aromatic nitrogens is 1. The first-order valence-electron chi connectivity index (χ1n) is 12.9. The van der Waals surface area contributed by atoms with Crippen molar-refractivity contribution in [1.29, 1.82) is 0 Å². The van der Waals surface area contributed by atoms with Crippen molar-refractivity contribution in [2.24, 2.45) is 4.99 Å². The quantitative estimate of drug-likeness (QED) is 0.271. The van der Waals surface area contributed by atoms with Gasteiger partial charge in [0.05, 0.1) is 40.0 Å². The molecule has 0 radical (unpaired) electrons. The average Bonchev–Trinajstić information content (AvgIpc) is 3.30. The van der Waals surface area contributed by atoms with Crippen molar-refractivity contribution in [1.82, 2.24) is 4.57 Å². The maximum absolute atomic E-state index is 14.0. The maximum Gasteiger partial charge on any atom is 0.341 e. The smallest absolute Gasteiger partial charge is 0.341 e. The van der Waals surface area contributed by atoms with Crippen LogP contribution in [0.15, 0.2) is 92.6 Å². The van der Waals surface area contributed by atoms with Crippen LogP contribution in [-0.2, 0) is 14.3 Å². The summed E-state index contributed by atoms with van der Waals surface area (Å²) < 4.78 is 18.6. The van der Waals surface area contributed by atoms with E-state index in [1.54, 1.807) is 50.4 Å². The summed E-state index contributed by atoms with van der Waals surface area (Å²) >= 11 is 4.61. The van der Waals surface area contributed by atoms with Crippen molar-refractivity contribution in [3.63, 3.8) is 0 Å². The Bertz CT molecular complexity index is 1860. The second kappa shape index (κ2) is 12.6. The van der Waals surface area contributed by atoms with Gasteiger partial charge in [0.25, 0.3) is 5.56 Å². The summed E-state index contributed by atoms with van der Waals surface area (Å²) in [5.41, 5.74) is 2.47. The molecular weight excluding hydrogens is 624 g/mol. The fraction of sp³-hybridized carbons (Fsp3) is 0.161. The Kier molecular flexibility index (Phi) is 8.69. The summed E-state index contributed by atoms with van der Waals surface area (Å²) in [5, 5.41) is 8.90. The summed E-state index contributed by atoms with van der Waals surface area (Å²) in [6, 6.07) is 20.8. The van der Waals surface area contributed by atoms with E-state index in [4.69, 9.17) is 24.3 Å². The third-order valence-electron chi connectivity index (χ3n) is 6.41. The van der Waals surface area contributed by atoms with Crippen molar-refractivity contribution in [2.45, 2.75) is 13.0 Å². The normalized spacial score (nSPS) is 14.6. The predicted octanol–water partition coefficient (Wildman–Crippen LogP) is 4.17. The van der Waals surface area contributed by atoms with Gasteiger partial charge in [-0.3, -0.25) is 9.36 Å². The van der Waals surface area contributed by atoms with E-state index in [0.717, 1.165) is 5.56 Å². The highest BCUT2D eigenvalue weighted by Crippen LogP contribution is 2.35. The van der Waals surface area contributed by atoms with Crippen molar-refractivity contribution in [2.75, 3.05) is 20.3 Å². The topological polar surface area (TPSA) is 116 Å². The van der Waals surface area contributed by atoms with Crippen LogP contribution in [0.1, 0.15) is 29.7 Å². The van der Waals surface area contributed by atoms with Gasteiger partial charge in [0.1, 0.15) is 11.5 Å². The lowest BCUT2D eigenvalue weighted by Crippen LogP contribution is -2.40. The van der Waals surface area contributed by atoms with E-state index < -0.39 is 24.6 Å². The molecule has 1 aromatic heterocycles. The molecule has 0 bridgehead atoms. The van der Waals surface area contributed by atoms with Crippen molar-refractivity contribution in [3.8, 4) is 11.5 Å². The van der Waals surface area contributed by atoms with Gasteiger partial charge in [0, 0.05) is 5.56 Å². The van der Waals surface area contributed by atoms with Crippen LogP contribution in [0.5, 0.6) is 11.5 Å². The van der Waals surface area contributed by atoms with Gasteiger partial charge in [0.2, 0.25) is 0 Å². The minimum atomic E-state index is -1.09. The Hall–Kier alpha value is -4.48. The second-order valence-corrected chi connectivity index (χ2v) is 10.9. The molecule has 1 aliphatic heterocycles. The second-order valence-electron chi connectivity index (χ2n) is 9.08. The largest absolute Gasteiger partial charge is 0.497 e. The number of thiazole rings is 1. The number of ether oxygens (including phenoxy) is 3. The number of esters is 1. The first-order valence-corrected chi connectivity index (χ1v) is 14.5. The molecule has 0 unspecified atom stereocenters. The number of methoxy groups -OCH3 is 1. The van der Waals surface area contributed by atoms with E-state index in [1.807, 2.05) is 42.5 Å². The highest BCUT2D eigenvalue weighted by atomic mass is 79.9. The molecule has 0 saturated heterocycles. The van der Waals surface area contributed by atoms with Crippen LogP contribution in [0.25, 0.3) is 11.8 Å². The Labute approximate surface area is 252 Å².